The molecular formula is C32H46N4O6. The molecule has 2 amide bonds. The van der Waals surface area contributed by atoms with E-state index in [-0.39, 0.29) is 24.7 Å². The Hall–Kier alpha value is -3.66. The van der Waals surface area contributed by atoms with Crippen molar-refractivity contribution < 1.29 is 29.3 Å². The average Bonchev–Trinajstić information content (AvgIpc) is 3.48. The average molecular weight is 583 g/mol. The molecule has 1 saturated carbocycles. The van der Waals surface area contributed by atoms with Gasteiger partial charge in [0.15, 0.2) is 6.10 Å². The third-order valence-corrected chi connectivity index (χ3v) is 8.14. The lowest BCUT2D eigenvalue weighted by atomic mass is 9.81. The van der Waals surface area contributed by atoms with Gasteiger partial charge in [-0.3, -0.25) is 4.79 Å². The van der Waals surface area contributed by atoms with E-state index in [1.807, 2.05) is 12.1 Å². The number of ether oxygens (including phenoxy) is 1. The molecule has 0 saturated heterocycles. The Bertz CT molecular complexity index is 1120. The molecule has 0 unspecified atom stereocenters. The zero-order chi connectivity index (χ0) is 30.5. The van der Waals surface area contributed by atoms with Crippen LogP contribution in [0.4, 0.5) is 4.79 Å². The number of carbonyl (C=O) groups is 3. The minimum Gasteiger partial charge on any atom is -0.465 e. The van der Waals surface area contributed by atoms with Crippen LogP contribution in [0.15, 0.2) is 55.5 Å². The number of esters is 1. The fourth-order valence-electron chi connectivity index (χ4n) is 5.65. The van der Waals surface area contributed by atoms with Crippen LogP contribution in [0.2, 0.25) is 0 Å². The van der Waals surface area contributed by atoms with E-state index >= 15 is 0 Å². The number of nitrogens with one attached hydrogen (secondary N) is 3. The van der Waals surface area contributed by atoms with Crippen molar-refractivity contribution in [2.24, 2.45) is 17.8 Å². The van der Waals surface area contributed by atoms with Crippen molar-refractivity contribution in [1.29, 1.82) is 0 Å². The first-order valence-electron chi connectivity index (χ1n) is 15.0. The van der Waals surface area contributed by atoms with Gasteiger partial charge in [0.2, 0.25) is 0 Å². The monoisotopic (exact) mass is 582 g/mol. The quantitative estimate of drug-likeness (QED) is 0.145. The fraction of sp³-hybridized carbons (Fsp3) is 0.562. The number of aliphatic hydroxyl groups excluding tert-OH is 1. The Morgan fingerprint density at radius 2 is 1.83 bits per heavy atom. The van der Waals surface area contributed by atoms with E-state index in [4.69, 9.17) is 4.74 Å². The molecule has 0 spiro atoms. The Kier molecular flexibility index (Phi) is 13.1. The molecule has 0 bridgehead atoms. The first kappa shape index (κ1) is 32.8. The number of aliphatic hydroxyl groups is 1. The highest BCUT2D eigenvalue weighted by Gasteiger charge is 2.34. The van der Waals surface area contributed by atoms with E-state index in [2.05, 4.69) is 41.0 Å². The second-order valence-electron chi connectivity index (χ2n) is 11.7. The number of rotatable bonds is 16. The number of aromatic nitrogens is 2. The minimum absolute atomic E-state index is 0.0142. The molecule has 5 N–H and O–H groups in total. The van der Waals surface area contributed by atoms with Crippen LogP contribution in [-0.2, 0) is 27.2 Å². The summed E-state index contributed by atoms with van der Waals surface area (Å²) in [5.74, 6) is -0.695. The number of carboxylic acid groups (broad SMARTS) is 1. The zero-order valence-electron chi connectivity index (χ0n) is 24.7. The van der Waals surface area contributed by atoms with Gasteiger partial charge in [-0.15, -0.1) is 6.58 Å². The summed E-state index contributed by atoms with van der Waals surface area (Å²) in [6.45, 7) is 8.07. The van der Waals surface area contributed by atoms with Gasteiger partial charge in [-0.1, -0.05) is 82.4 Å². The van der Waals surface area contributed by atoms with Gasteiger partial charge in [0.1, 0.15) is 6.04 Å². The number of carbonyl (C=O) groups excluding carboxylic acids is 2. The molecule has 2 aromatic rings. The maximum absolute atomic E-state index is 13.8. The van der Waals surface area contributed by atoms with Crippen LogP contribution in [0.1, 0.15) is 70.1 Å². The topological polar surface area (TPSA) is 154 Å². The van der Waals surface area contributed by atoms with Gasteiger partial charge in [0.05, 0.1) is 24.2 Å². The van der Waals surface area contributed by atoms with E-state index in [9.17, 15) is 24.6 Å². The maximum atomic E-state index is 13.8. The number of benzene rings is 1. The van der Waals surface area contributed by atoms with Gasteiger partial charge in [0.25, 0.3) is 5.91 Å². The minimum atomic E-state index is -1.38. The zero-order valence-corrected chi connectivity index (χ0v) is 24.7. The summed E-state index contributed by atoms with van der Waals surface area (Å²) in [5, 5.41) is 26.0. The first-order valence-corrected chi connectivity index (χ1v) is 15.0. The van der Waals surface area contributed by atoms with Crippen molar-refractivity contribution in [3.8, 4) is 0 Å². The van der Waals surface area contributed by atoms with Crippen LogP contribution in [0.5, 0.6) is 0 Å². The fourth-order valence-corrected chi connectivity index (χ4v) is 5.65. The van der Waals surface area contributed by atoms with E-state index in [0.717, 1.165) is 31.2 Å². The largest absolute Gasteiger partial charge is 0.465 e. The normalized spacial score (nSPS) is 17.4. The van der Waals surface area contributed by atoms with E-state index in [0.29, 0.717) is 24.5 Å². The molecule has 0 radical (unpaired) electrons. The van der Waals surface area contributed by atoms with Crippen LogP contribution in [0.25, 0.3) is 0 Å². The van der Waals surface area contributed by atoms with E-state index in [1.54, 1.807) is 30.5 Å². The Balaban J connectivity index is 1.80. The van der Waals surface area contributed by atoms with E-state index < -0.39 is 42.3 Å². The summed E-state index contributed by atoms with van der Waals surface area (Å²) in [5.41, 5.74) is 1.24. The highest BCUT2D eigenvalue weighted by atomic mass is 16.5. The van der Waals surface area contributed by atoms with Gasteiger partial charge in [-0.05, 0) is 36.2 Å². The van der Waals surface area contributed by atoms with Crippen LogP contribution in [-0.4, -0.2) is 62.4 Å². The number of hydrogen-bond donors (Lipinski definition) is 5. The second kappa shape index (κ2) is 16.7. The Labute approximate surface area is 248 Å². The lowest BCUT2D eigenvalue weighted by molar-refractivity contribution is -0.158. The number of hydrogen-bond acceptors (Lipinski definition) is 6. The van der Waals surface area contributed by atoms with Crippen molar-refractivity contribution in [2.45, 2.75) is 95.9 Å². The highest BCUT2D eigenvalue weighted by Crippen LogP contribution is 2.30. The summed E-state index contributed by atoms with van der Waals surface area (Å²) in [7, 11) is 0. The Morgan fingerprint density at radius 1 is 1.12 bits per heavy atom. The standard InChI is InChI=1S/C32H46N4O6/c1-4-24(21(2)3)17-28(37)26(15-22-11-7-5-8-12-22)35-30(38)29(18-25-19-33-20-34-25)42-31(39)27(36-32(40)41)16-23-13-9-6-10-14-23/h4,6,9-10,13-14,19-22,24,26-29,36-37H,1,5,7-8,11-12,15-18H2,2-3H3,(H,33,34)(H,35,38)(H,40,41)/t24-,26-,27-,28+,29-/m0/s1. The molecule has 42 heavy (non-hydrogen) atoms. The molecule has 1 aliphatic carbocycles. The summed E-state index contributed by atoms with van der Waals surface area (Å²) in [4.78, 5) is 45.6. The summed E-state index contributed by atoms with van der Waals surface area (Å²) in [6.07, 6.45) is 8.09. The molecule has 1 aromatic carbocycles. The van der Waals surface area contributed by atoms with Crippen LogP contribution in [0.3, 0.4) is 0 Å². The SMILES string of the molecule is C=C[C@@H](C[C@@H](O)[C@H](CC1CCCCC1)NC(=O)[C@H](Cc1c[nH]cn1)OC(=O)[C@H](Cc1ccccc1)NC(=O)O)C(C)C. The van der Waals surface area contributed by atoms with Crippen molar-refractivity contribution in [2.75, 3.05) is 0 Å². The van der Waals surface area contributed by atoms with Gasteiger partial charge in [-0.25, -0.2) is 14.6 Å². The summed E-state index contributed by atoms with van der Waals surface area (Å²) >= 11 is 0. The molecule has 3 rings (SSSR count). The number of nitrogens with zero attached hydrogens (tertiary/aromatic N) is 1. The van der Waals surface area contributed by atoms with Crippen LogP contribution < -0.4 is 10.6 Å². The van der Waals surface area contributed by atoms with Crippen molar-refractivity contribution in [3.63, 3.8) is 0 Å². The molecule has 1 heterocycles. The van der Waals surface area contributed by atoms with Gasteiger partial charge in [-0.2, -0.15) is 0 Å². The molecule has 5 atom stereocenters. The number of allylic oxidation sites excluding steroid dienone is 1. The van der Waals surface area contributed by atoms with Gasteiger partial charge >= 0.3 is 12.1 Å². The van der Waals surface area contributed by atoms with Crippen LogP contribution >= 0.6 is 0 Å². The second-order valence-corrected chi connectivity index (χ2v) is 11.7. The van der Waals surface area contributed by atoms with Crippen LogP contribution in [0, 0.1) is 17.8 Å². The predicted molar refractivity (Wildman–Crippen MR) is 160 cm³/mol. The third kappa shape index (κ3) is 10.6. The number of amides is 2. The lowest BCUT2D eigenvalue weighted by Crippen LogP contribution is -2.52. The molecule has 1 aromatic heterocycles. The maximum Gasteiger partial charge on any atom is 0.405 e. The molecule has 1 aliphatic rings. The smallest absolute Gasteiger partial charge is 0.405 e. The first-order chi connectivity index (χ1) is 20.2. The van der Waals surface area contributed by atoms with Crippen molar-refractivity contribution in [3.05, 3.63) is 66.8 Å². The molecule has 230 valence electrons. The third-order valence-electron chi connectivity index (χ3n) is 8.14. The number of H-pyrrole nitrogens is 1. The van der Waals surface area contributed by atoms with Crippen molar-refractivity contribution in [1.82, 2.24) is 20.6 Å². The molecule has 1 fully saturated rings. The predicted octanol–water partition coefficient (Wildman–Crippen LogP) is 4.41. The lowest BCUT2D eigenvalue weighted by Gasteiger charge is -2.33. The summed E-state index contributed by atoms with van der Waals surface area (Å²) < 4.78 is 5.70. The number of aromatic amines is 1. The number of imidazole rings is 1. The van der Waals surface area contributed by atoms with Crippen molar-refractivity contribution >= 4 is 18.0 Å². The Morgan fingerprint density at radius 3 is 2.43 bits per heavy atom. The van der Waals surface area contributed by atoms with E-state index in [1.165, 1.54) is 12.7 Å². The molecule has 10 nitrogen and oxygen atoms in total. The van der Waals surface area contributed by atoms with Gasteiger partial charge in [0, 0.05) is 19.0 Å². The molecule has 0 aliphatic heterocycles. The molecule has 10 heteroatoms. The highest BCUT2D eigenvalue weighted by molar-refractivity contribution is 5.87. The van der Waals surface area contributed by atoms with Gasteiger partial charge < -0.3 is 30.6 Å². The summed E-state index contributed by atoms with van der Waals surface area (Å²) in [6, 6.07) is 7.20. The molecular weight excluding hydrogens is 536 g/mol.